The van der Waals surface area contributed by atoms with Crippen LogP contribution >= 0.6 is 0 Å². The van der Waals surface area contributed by atoms with E-state index in [1.165, 1.54) is 12.1 Å². The highest BCUT2D eigenvalue weighted by Crippen LogP contribution is 2.61. The first-order chi connectivity index (χ1) is 18.0. The predicted molar refractivity (Wildman–Crippen MR) is 151 cm³/mol. The van der Waals surface area contributed by atoms with Gasteiger partial charge in [0.25, 0.3) is 0 Å². The maximum absolute atomic E-state index is 13.7. The van der Waals surface area contributed by atoms with E-state index in [1.54, 1.807) is 6.07 Å². The van der Waals surface area contributed by atoms with Crippen molar-refractivity contribution < 1.29 is 18.7 Å². The monoisotopic (exact) mass is 535 g/mol. The SMILES string of the molecule is Cc1nn(COCC[Si](C)(C)C)c(C)c1-c1ccc(NC(=O)CC2c3ccc(F)cc3OCC23CC3)cc1. The first-order valence-electron chi connectivity index (χ1n) is 13.5. The summed E-state index contributed by atoms with van der Waals surface area (Å²) in [5.41, 5.74) is 5.87. The van der Waals surface area contributed by atoms with Crippen LogP contribution in [0.5, 0.6) is 5.75 Å². The topological polar surface area (TPSA) is 65.4 Å². The smallest absolute Gasteiger partial charge is 0.225 e. The van der Waals surface area contributed by atoms with Crippen LogP contribution in [-0.2, 0) is 16.3 Å². The molecule has 1 spiro atoms. The lowest BCUT2D eigenvalue weighted by Gasteiger charge is -2.33. The number of carbonyl (C=O) groups is 1. The highest BCUT2D eigenvalue weighted by molar-refractivity contribution is 6.76. The maximum Gasteiger partial charge on any atom is 0.225 e. The Morgan fingerprint density at radius 1 is 1.18 bits per heavy atom. The van der Waals surface area contributed by atoms with Gasteiger partial charge in [0.05, 0.1) is 12.3 Å². The van der Waals surface area contributed by atoms with Crippen molar-refractivity contribution in [3.05, 3.63) is 65.2 Å². The predicted octanol–water partition coefficient (Wildman–Crippen LogP) is 6.90. The van der Waals surface area contributed by atoms with Crippen LogP contribution in [0.2, 0.25) is 25.7 Å². The quantitative estimate of drug-likeness (QED) is 0.239. The minimum Gasteiger partial charge on any atom is -0.493 e. The molecule has 1 fully saturated rings. The number of nitrogens with zero attached hydrogens (tertiary/aromatic N) is 2. The van der Waals surface area contributed by atoms with Gasteiger partial charge in [-0.25, -0.2) is 9.07 Å². The molecule has 2 heterocycles. The summed E-state index contributed by atoms with van der Waals surface area (Å²) in [5, 5.41) is 7.76. The van der Waals surface area contributed by atoms with Gasteiger partial charge in [-0.1, -0.05) is 37.8 Å². The molecule has 5 rings (SSSR count). The lowest BCUT2D eigenvalue weighted by molar-refractivity contribution is -0.117. The largest absolute Gasteiger partial charge is 0.493 e. The van der Waals surface area contributed by atoms with Crippen molar-refractivity contribution in [2.75, 3.05) is 18.5 Å². The van der Waals surface area contributed by atoms with Crippen LogP contribution in [0.4, 0.5) is 10.1 Å². The fourth-order valence-corrected chi connectivity index (χ4v) is 6.20. The van der Waals surface area contributed by atoms with E-state index in [0.717, 1.165) is 59.3 Å². The van der Waals surface area contributed by atoms with Crippen LogP contribution < -0.4 is 10.1 Å². The number of benzene rings is 2. The van der Waals surface area contributed by atoms with Crippen molar-refractivity contribution in [2.45, 2.75) is 71.4 Å². The molecule has 1 amide bonds. The van der Waals surface area contributed by atoms with Gasteiger partial charge in [0.15, 0.2) is 0 Å². The van der Waals surface area contributed by atoms with Crippen molar-refractivity contribution in [2.24, 2.45) is 5.41 Å². The van der Waals surface area contributed by atoms with Gasteiger partial charge < -0.3 is 14.8 Å². The highest BCUT2D eigenvalue weighted by atomic mass is 28.3. The highest BCUT2D eigenvalue weighted by Gasteiger charge is 2.54. The number of nitrogens with one attached hydrogen (secondary N) is 1. The van der Waals surface area contributed by atoms with Crippen LogP contribution in [0.25, 0.3) is 11.1 Å². The van der Waals surface area contributed by atoms with Gasteiger partial charge in [-0.05, 0) is 62.1 Å². The molecule has 1 aliphatic heterocycles. The second-order valence-corrected chi connectivity index (χ2v) is 17.7. The van der Waals surface area contributed by atoms with Crippen molar-refractivity contribution in [3.8, 4) is 16.9 Å². The molecule has 1 N–H and O–H groups in total. The average molecular weight is 536 g/mol. The van der Waals surface area contributed by atoms with Crippen LogP contribution in [-0.4, -0.2) is 37.0 Å². The zero-order valence-corrected chi connectivity index (χ0v) is 24.1. The molecule has 0 radical (unpaired) electrons. The molecule has 1 aliphatic carbocycles. The molecule has 3 aromatic rings. The summed E-state index contributed by atoms with van der Waals surface area (Å²) in [6.07, 6.45) is 2.42. The van der Waals surface area contributed by atoms with Gasteiger partial charge in [-0.3, -0.25) is 4.79 Å². The fraction of sp³-hybridized carbons (Fsp3) is 0.467. The molecule has 1 saturated carbocycles. The Hall–Kier alpha value is -2.97. The fourth-order valence-electron chi connectivity index (χ4n) is 5.44. The molecule has 1 atom stereocenters. The zero-order chi connectivity index (χ0) is 27.1. The minimum atomic E-state index is -1.12. The molecule has 1 aromatic heterocycles. The first kappa shape index (κ1) is 26.6. The van der Waals surface area contributed by atoms with E-state index < -0.39 is 8.07 Å². The zero-order valence-electron chi connectivity index (χ0n) is 23.1. The second kappa shape index (κ2) is 10.3. The standard InChI is InChI=1S/C30H38FN3O3Si/c1-20-29(21(2)34(33-20)19-36-14-15-38(3,4)5)22-6-9-24(10-7-22)32-28(35)17-26-25-11-8-23(31)16-27(25)37-18-30(26)12-13-30/h6-11,16,26H,12-15,17-19H2,1-5H3,(H,32,35). The number of anilines is 1. The number of ether oxygens (including phenoxy) is 2. The number of amides is 1. The molecular formula is C30H38FN3O3Si. The van der Waals surface area contributed by atoms with Crippen molar-refractivity contribution in [1.29, 1.82) is 0 Å². The third-order valence-corrected chi connectivity index (χ3v) is 9.64. The number of halogens is 1. The van der Waals surface area contributed by atoms with Crippen LogP contribution in [0.3, 0.4) is 0 Å². The summed E-state index contributed by atoms with van der Waals surface area (Å²) in [6, 6.07) is 13.7. The first-order valence-corrected chi connectivity index (χ1v) is 17.2. The number of aryl methyl sites for hydroxylation is 1. The van der Waals surface area contributed by atoms with Gasteiger partial charge in [0.2, 0.25) is 5.91 Å². The molecule has 2 aromatic carbocycles. The molecule has 6 nitrogen and oxygen atoms in total. The molecule has 202 valence electrons. The van der Waals surface area contributed by atoms with Gasteiger partial charge >= 0.3 is 0 Å². The van der Waals surface area contributed by atoms with E-state index in [1.807, 2.05) is 35.9 Å². The Kier molecular flexibility index (Phi) is 7.22. The van der Waals surface area contributed by atoms with E-state index in [2.05, 4.69) is 31.9 Å². The van der Waals surface area contributed by atoms with E-state index in [4.69, 9.17) is 14.6 Å². The van der Waals surface area contributed by atoms with Crippen LogP contribution in [0.1, 0.15) is 42.1 Å². The van der Waals surface area contributed by atoms with E-state index in [0.29, 0.717) is 25.5 Å². The number of hydrogen-bond acceptors (Lipinski definition) is 4. The van der Waals surface area contributed by atoms with E-state index >= 15 is 0 Å². The molecule has 0 saturated heterocycles. The Labute approximate surface area is 225 Å². The molecule has 8 heteroatoms. The third-order valence-electron chi connectivity index (χ3n) is 7.94. The number of carbonyl (C=O) groups excluding carboxylic acids is 1. The Morgan fingerprint density at radius 3 is 2.61 bits per heavy atom. The second-order valence-electron chi connectivity index (χ2n) is 12.1. The summed E-state index contributed by atoms with van der Waals surface area (Å²) in [4.78, 5) is 13.1. The van der Waals surface area contributed by atoms with Gasteiger partial charge in [-0.15, -0.1) is 0 Å². The number of rotatable bonds is 9. The molecular weight excluding hydrogens is 497 g/mol. The summed E-state index contributed by atoms with van der Waals surface area (Å²) in [7, 11) is -1.12. The average Bonchev–Trinajstić information content (AvgIpc) is 3.57. The molecule has 0 bridgehead atoms. The summed E-state index contributed by atoms with van der Waals surface area (Å²) >= 11 is 0. The number of fused-ring (bicyclic) bond motifs is 1. The van der Waals surface area contributed by atoms with Gasteiger partial charge in [0, 0.05) is 55.4 Å². The molecule has 38 heavy (non-hydrogen) atoms. The van der Waals surface area contributed by atoms with E-state index in [9.17, 15) is 9.18 Å². The molecule has 1 unspecified atom stereocenters. The van der Waals surface area contributed by atoms with Gasteiger partial charge in [0.1, 0.15) is 18.3 Å². The number of aromatic nitrogens is 2. The Balaban J connectivity index is 1.23. The summed E-state index contributed by atoms with van der Waals surface area (Å²) in [6.45, 7) is 12.9. The minimum absolute atomic E-state index is 0.000363. The Bertz CT molecular complexity index is 1330. The summed E-state index contributed by atoms with van der Waals surface area (Å²) < 4.78 is 27.4. The lowest BCUT2D eigenvalue weighted by atomic mass is 9.79. The molecule has 2 aliphatic rings. The van der Waals surface area contributed by atoms with Crippen molar-refractivity contribution in [1.82, 2.24) is 9.78 Å². The van der Waals surface area contributed by atoms with Crippen molar-refractivity contribution >= 4 is 19.7 Å². The third kappa shape index (κ3) is 5.71. The normalized spacial score (nSPS) is 17.7. The van der Waals surface area contributed by atoms with Crippen LogP contribution in [0, 0.1) is 25.1 Å². The summed E-state index contributed by atoms with van der Waals surface area (Å²) in [5.74, 6) is 0.249. The van der Waals surface area contributed by atoms with Gasteiger partial charge in [-0.2, -0.15) is 5.10 Å². The number of hydrogen-bond donors (Lipinski definition) is 1. The van der Waals surface area contributed by atoms with Crippen molar-refractivity contribution in [3.63, 3.8) is 0 Å². The van der Waals surface area contributed by atoms with E-state index in [-0.39, 0.29) is 23.1 Å². The van der Waals surface area contributed by atoms with Crippen LogP contribution in [0.15, 0.2) is 42.5 Å². The lowest BCUT2D eigenvalue weighted by Crippen LogP contribution is -2.30. The Morgan fingerprint density at radius 2 is 1.92 bits per heavy atom. The maximum atomic E-state index is 13.7.